The van der Waals surface area contributed by atoms with Crippen molar-refractivity contribution < 1.29 is 9.53 Å². The number of aromatic nitrogens is 3. The number of aryl methyl sites for hydroxylation is 1. The van der Waals surface area contributed by atoms with E-state index < -0.39 is 0 Å². The first-order chi connectivity index (χ1) is 14.5. The van der Waals surface area contributed by atoms with Crippen LogP contribution in [0.4, 0.5) is 5.69 Å². The molecule has 0 aliphatic carbocycles. The van der Waals surface area contributed by atoms with Crippen LogP contribution in [0.5, 0.6) is 5.75 Å². The molecule has 1 N–H and O–H groups in total. The number of amides is 1. The van der Waals surface area contributed by atoms with Crippen molar-refractivity contribution in [1.82, 2.24) is 14.8 Å². The molecular weight excluding hydrogens is 400 g/mol. The molecule has 2 heterocycles. The third-order valence-electron chi connectivity index (χ3n) is 4.40. The number of hydrogen-bond donors (Lipinski definition) is 1. The first kappa shape index (κ1) is 19.8. The van der Waals surface area contributed by atoms with Crippen molar-refractivity contribution >= 4 is 33.1 Å². The number of hydrogen-bond acceptors (Lipinski definition) is 6. The number of nitrogens with zero attached hydrogens (tertiary/aromatic N) is 3. The molecule has 0 atom stereocenters. The molecular formula is C22H20N4O3S. The Kier molecular flexibility index (Phi) is 5.58. The first-order valence-corrected chi connectivity index (χ1v) is 10.3. The summed E-state index contributed by atoms with van der Waals surface area (Å²) >= 11 is 1.42. The van der Waals surface area contributed by atoms with Gasteiger partial charge in [0.1, 0.15) is 18.0 Å². The Balaban J connectivity index is 1.64. The highest BCUT2D eigenvalue weighted by atomic mass is 32.1. The van der Waals surface area contributed by atoms with Crippen molar-refractivity contribution in [1.29, 1.82) is 0 Å². The van der Waals surface area contributed by atoms with Crippen LogP contribution in [0.3, 0.4) is 0 Å². The molecule has 1 amide bonds. The Bertz CT molecular complexity index is 1250. The van der Waals surface area contributed by atoms with E-state index in [-0.39, 0.29) is 18.0 Å². The van der Waals surface area contributed by atoms with Gasteiger partial charge in [-0.15, -0.1) is 11.3 Å². The average molecular weight is 420 g/mol. The Morgan fingerprint density at radius 2 is 1.87 bits per heavy atom. The van der Waals surface area contributed by atoms with E-state index in [0.717, 1.165) is 21.0 Å². The summed E-state index contributed by atoms with van der Waals surface area (Å²) in [5, 5.41) is 8.06. The summed E-state index contributed by atoms with van der Waals surface area (Å²) in [4.78, 5) is 29.8. The molecule has 4 aromatic rings. The van der Waals surface area contributed by atoms with E-state index in [0.29, 0.717) is 23.5 Å². The monoisotopic (exact) mass is 420 g/mol. The van der Waals surface area contributed by atoms with Gasteiger partial charge < -0.3 is 10.1 Å². The van der Waals surface area contributed by atoms with Crippen LogP contribution in [0.1, 0.15) is 11.9 Å². The van der Waals surface area contributed by atoms with Gasteiger partial charge in [0.25, 0.3) is 5.56 Å². The molecule has 0 radical (unpaired) electrons. The maximum absolute atomic E-state index is 12.9. The number of thiazole rings is 1. The number of fused-ring (bicyclic) bond motifs is 1. The molecule has 0 aliphatic heterocycles. The fraction of sp³-hybridized carbons (Fsp3) is 0.182. The Morgan fingerprint density at radius 3 is 2.57 bits per heavy atom. The van der Waals surface area contributed by atoms with Crippen LogP contribution in [0.25, 0.3) is 21.5 Å². The van der Waals surface area contributed by atoms with Crippen molar-refractivity contribution in [3.8, 4) is 17.0 Å². The predicted octanol–water partition coefficient (Wildman–Crippen LogP) is 3.87. The van der Waals surface area contributed by atoms with E-state index in [1.807, 2.05) is 44.2 Å². The zero-order chi connectivity index (χ0) is 21.1. The van der Waals surface area contributed by atoms with Crippen molar-refractivity contribution in [3.63, 3.8) is 0 Å². The van der Waals surface area contributed by atoms with Crippen molar-refractivity contribution in [3.05, 3.63) is 70.0 Å². The van der Waals surface area contributed by atoms with E-state index in [2.05, 4.69) is 15.4 Å². The second-order valence-corrected chi connectivity index (χ2v) is 7.80. The van der Waals surface area contributed by atoms with Crippen LogP contribution in [-0.4, -0.2) is 27.3 Å². The number of ether oxygens (including phenoxy) is 1. The highest BCUT2D eigenvalue weighted by Gasteiger charge is 2.17. The maximum Gasteiger partial charge on any atom is 0.294 e. The summed E-state index contributed by atoms with van der Waals surface area (Å²) < 4.78 is 7.30. The second-order valence-electron chi connectivity index (χ2n) is 6.59. The van der Waals surface area contributed by atoms with Crippen molar-refractivity contribution in [2.45, 2.75) is 20.4 Å². The number of carbonyl (C=O) groups is 1. The van der Waals surface area contributed by atoms with Crippen molar-refractivity contribution in [2.24, 2.45) is 0 Å². The normalized spacial score (nSPS) is 10.9. The van der Waals surface area contributed by atoms with Crippen LogP contribution in [0.15, 0.2) is 59.4 Å². The van der Waals surface area contributed by atoms with Crippen LogP contribution in [0, 0.1) is 6.92 Å². The minimum absolute atomic E-state index is 0.210. The highest BCUT2D eigenvalue weighted by Crippen LogP contribution is 2.29. The number of benzene rings is 2. The van der Waals surface area contributed by atoms with Gasteiger partial charge in [0.15, 0.2) is 5.52 Å². The fourth-order valence-electron chi connectivity index (χ4n) is 3.10. The van der Waals surface area contributed by atoms with Gasteiger partial charge in [0, 0.05) is 11.3 Å². The Morgan fingerprint density at radius 1 is 1.13 bits per heavy atom. The number of anilines is 1. The minimum atomic E-state index is -0.379. The van der Waals surface area contributed by atoms with Crippen LogP contribution < -0.4 is 15.6 Å². The average Bonchev–Trinajstić information content (AvgIpc) is 3.14. The summed E-state index contributed by atoms with van der Waals surface area (Å²) in [6, 6.07) is 16.6. The highest BCUT2D eigenvalue weighted by molar-refractivity contribution is 7.19. The largest absolute Gasteiger partial charge is 0.494 e. The molecule has 2 aromatic heterocycles. The van der Waals surface area contributed by atoms with Gasteiger partial charge in [0.05, 0.1) is 16.3 Å². The quantitative estimate of drug-likeness (QED) is 0.512. The molecule has 30 heavy (non-hydrogen) atoms. The molecule has 0 saturated carbocycles. The molecule has 0 saturated heterocycles. The molecule has 0 spiro atoms. The van der Waals surface area contributed by atoms with E-state index in [4.69, 9.17) is 4.74 Å². The molecule has 4 rings (SSSR count). The van der Waals surface area contributed by atoms with Crippen LogP contribution in [-0.2, 0) is 11.3 Å². The van der Waals surface area contributed by atoms with E-state index in [1.165, 1.54) is 16.0 Å². The Labute approximate surface area is 177 Å². The molecule has 0 fully saturated rings. The number of carbonyl (C=O) groups excluding carboxylic acids is 1. The number of nitrogens with one attached hydrogen (secondary N) is 1. The second kappa shape index (κ2) is 8.46. The lowest BCUT2D eigenvalue weighted by molar-refractivity contribution is -0.117. The molecule has 0 aliphatic rings. The van der Waals surface area contributed by atoms with E-state index >= 15 is 0 Å². The fourth-order valence-corrected chi connectivity index (χ4v) is 4.01. The van der Waals surface area contributed by atoms with Gasteiger partial charge in [-0.3, -0.25) is 9.59 Å². The molecule has 8 heteroatoms. The van der Waals surface area contributed by atoms with Crippen LogP contribution in [0.2, 0.25) is 0 Å². The van der Waals surface area contributed by atoms with Gasteiger partial charge >= 0.3 is 0 Å². The third-order valence-corrected chi connectivity index (χ3v) is 5.37. The lowest BCUT2D eigenvalue weighted by Gasteiger charge is -2.10. The van der Waals surface area contributed by atoms with E-state index in [9.17, 15) is 9.59 Å². The predicted molar refractivity (Wildman–Crippen MR) is 118 cm³/mol. The number of rotatable bonds is 6. The van der Waals surface area contributed by atoms with Gasteiger partial charge in [-0.25, -0.2) is 9.67 Å². The molecule has 7 nitrogen and oxygen atoms in total. The topological polar surface area (TPSA) is 86.1 Å². The lowest BCUT2D eigenvalue weighted by Crippen LogP contribution is -2.30. The molecule has 0 unspecified atom stereocenters. The zero-order valence-electron chi connectivity index (χ0n) is 16.6. The SMILES string of the molecule is CCOc1ccc(NC(=O)Cn2nc(-c3ccccc3)c3sc(C)nc3c2=O)cc1. The van der Waals surface area contributed by atoms with Gasteiger partial charge in [-0.05, 0) is 38.1 Å². The van der Waals surface area contributed by atoms with E-state index in [1.54, 1.807) is 24.3 Å². The molecule has 2 aromatic carbocycles. The van der Waals surface area contributed by atoms with Gasteiger partial charge in [0.2, 0.25) is 5.91 Å². The van der Waals surface area contributed by atoms with Gasteiger partial charge in [-0.1, -0.05) is 30.3 Å². The summed E-state index contributed by atoms with van der Waals surface area (Å²) in [6.07, 6.45) is 0. The summed E-state index contributed by atoms with van der Waals surface area (Å²) in [5.41, 5.74) is 2.08. The standard InChI is InChI=1S/C22H20N4O3S/c1-3-29-17-11-9-16(10-12-17)24-18(27)13-26-22(28)20-21(30-14(2)23-20)19(25-26)15-7-5-4-6-8-15/h4-12H,3,13H2,1-2H3,(H,24,27). The zero-order valence-corrected chi connectivity index (χ0v) is 17.4. The van der Waals surface area contributed by atoms with Crippen LogP contribution >= 0.6 is 11.3 Å². The first-order valence-electron chi connectivity index (χ1n) is 9.51. The molecule has 0 bridgehead atoms. The lowest BCUT2D eigenvalue weighted by atomic mass is 10.1. The summed E-state index contributed by atoms with van der Waals surface area (Å²) in [7, 11) is 0. The van der Waals surface area contributed by atoms with Gasteiger partial charge in [-0.2, -0.15) is 5.10 Å². The smallest absolute Gasteiger partial charge is 0.294 e. The third kappa shape index (κ3) is 4.08. The van der Waals surface area contributed by atoms with Crippen molar-refractivity contribution in [2.75, 3.05) is 11.9 Å². The summed E-state index contributed by atoms with van der Waals surface area (Å²) in [5.74, 6) is 0.379. The minimum Gasteiger partial charge on any atom is -0.494 e. The molecule has 152 valence electrons. The summed E-state index contributed by atoms with van der Waals surface area (Å²) in [6.45, 7) is 4.12. The maximum atomic E-state index is 12.9. The Hall–Kier alpha value is -3.52.